The summed E-state index contributed by atoms with van der Waals surface area (Å²) >= 11 is 1.67. The van der Waals surface area contributed by atoms with Crippen molar-refractivity contribution in [2.24, 2.45) is 5.73 Å². The number of nitrogens with two attached hydrogens (primary N) is 1. The molecule has 0 radical (unpaired) electrons. The van der Waals surface area contributed by atoms with Gasteiger partial charge < -0.3 is 10.6 Å². The van der Waals surface area contributed by atoms with Crippen LogP contribution in [0.2, 0.25) is 0 Å². The van der Waals surface area contributed by atoms with Crippen LogP contribution in [0.4, 0.5) is 10.1 Å². The third-order valence-electron chi connectivity index (χ3n) is 2.52. The van der Waals surface area contributed by atoms with Crippen LogP contribution >= 0.6 is 11.3 Å². The molecule has 0 atom stereocenters. The first-order valence-corrected chi connectivity index (χ1v) is 6.41. The molecule has 0 aliphatic heterocycles. The zero-order valence-corrected chi connectivity index (χ0v) is 10.3. The minimum Gasteiger partial charge on any atom is -0.363 e. The fraction of sp³-hybridized carbons (Fsp3) is 0.231. The normalized spacial score (nSPS) is 10.5. The zero-order chi connectivity index (χ0) is 12.1. The third-order valence-corrected chi connectivity index (χ3v) is 3.38. The fourth-order valence-corrected chi connectivity index (χ4v) is 2.46. The van der Waals surface area contributed by atoms with Crippen molar-refractivity contribution in [1.29, 1.82) is 0 Å². The molecule has 0 saturated heterocycles. The van der Waals surface area contributed by atoms with Crippen LogP contribution in [-0.4, -0.2) is 13.1 Å². The minimum atomic E-state index is -0.197. The maximum absolute atomic E-state index is 13.7. The van der Waals surface area contributed by atoms with Gasteiger partial charge in [-0.3, -0.25) is 0 Å². The Morgan fingerprint density at radius 2 is 2.00 bits per heavy atom. The molecule has 17 heavy (non-hydrogen) atoms. The Labute approximate surface area is 104 Å². The lowest BCUT2D eigenvalue weighted by Crippen LogP contribution is -2.29. The molecule has 0 aliphatic carbocycles. The van der Waals surface area contributed by atoms with Gasteiger partial charge in [-0.05, 0) is 23.6 Å². The van der Waals surface area contributed by atoms with Crippen LogP contribution in [0, 0.1) is 5.82 Å². The molecule has 0 aliphatic rings. The lowest BCUT2D eigenvalue weighted by molar-refractivity contribution is 0.616. The van der Waals surface area contributed by atoms with E-state index in [1.807, 2.05) is 22.4 Å². The number of hydrogen-bond acceptors (Lipinski definition) is 3. The van der Waals surface area contributed by atoms with E-state index in [-0.39, 0.29) is 5.82 Å². The van der Waals surface area contributed by atoms with Gasteiger partial charge in [0.25, 0.3) is 0 Å². The monoisotopic (exact) mass is 250 g/mol. The molecule has 0 unspecified atom stereocenters. The Morgan fingerprint density at radius 3 is 2.65 bits per heavy atom. The topological polar surface area (TPSA) is 29.3 Å². The summed E-state index contributed by atoms with van der Waals surface area (Å²) in [5.74, 6) is -0.197. The van der Waals surface area contributed by atoms with Gasteiger partial charge in [-0.2, -0.15) is 0 Å². The molecule has 1 aromatic carbocycles. The molecular formula is C13H15FN2S. The van der Waals surface area contributed by atoms with E-state index in [4.69, 9.17) is 5.73 Å². The van der Waals surface area contributed by atoms with E-state index in [1.54, 1.807) is 23.5 Å². The minimum absolute atomic E-state index is 0.197. The lowest BCUT2D eigenvalue weighted by Gasteiger charge is -2.24. The second kappa shape index (κ2) is 5.80. The van der Waals surface area contributed by atoms with Crippen LogP contribution in [0.15, 0.2) is 41.8 Å². The first-order chi connectivity index (χ1) is 8.31. The second-order valence-corrected chi connectivity index (χ2v) is 4.77. The molecule has 90 valence electrons. The van der Waals surface area contributed by atoms with E-state index >= 15 is 0 Å². The molecule has 2 aromatic rings. The largest absolute Gasteiger partial charge is 0.363 e. The van der Waals surface area contributed by atoms with Crippen LogP contribution in [0.5, 0.6) is 0 Å². The van der Waals surface area contributed by atoms with E-state index in [2.05, 4.69) is 6.07 Å². The summed E-state index contributed by atoms with van der Waals surface area (Å²) in [6.45, 7) is 1.87. The first kappa shape index (κ1) is 12.1. The molecule has 0 amide bonds. The second-order valence-electron chi connectivity index (χ2n) is 3.74. The maximum atomic E-state index is 13.7. The first-order valence-electron chi connectivity index (χ1n) is 5.53. The molecule has 0 fully saturated rings. The average Bonchev–Trinajstić information content (AvgIpc) is 2.82. The van der Waals surface area contributed by atoms with Gasteiger partial charge in [0.15, 0.2) is 0 Å². The molecule has 0 saturated carbocycles. The molecule has 2 rings (SSSR count). The van der Waals surface area contributed by atoms with Crippen LogP contribution in [0.25, 0.3) is 0 Å². The summed E-state index contributed by atoms with van der Waals surface area (Å²) in [5, 5.41) is 2.03. The molecule has 1 heterocycles. The number of rotatable bonds is 5. The van der Waals surface area contributed by atoms with E-state index < -0.39 is 0 Å². The summed E-state index contributed by atoms with van der Waals surface area (Å²) in [4.78, 5) is 3.18. The van der Waals surface area contributed by atoms with Gasteiger partial charge in [-0.1, -0.05) is 18.2 Å². The quantitative estimate of drug-likeness (QED) is 0.884. The van der Waals surface area contributed by atoms with Crippen molar-refractivity contribution < 1.29 is 4.39 Å². The molecule has 4 heteroatoms. The lowest BCUT2D eigenvalue weighted by atomic mass is 10.2. The molecule has 2 N–H and O–H groups in total. The Bertz CT molecular complexity index is 456. The van der Waals surface area contributed by atoms with Crippen molar-refractivity contribution in [1.82, 2.24) is 0 Å². The summed E-state index contributed by atoms with van der Waals surface area (Å²) in [7, 11) is 0. The Hall–Kier alpha value is -1.39. The maximum Gasteiger partial charge on any atom is 0.146 e. The van der Waals surface area contributed by atoms with Crippen molar-refractivity contribution in [3.8, 4) is 0 Å². The number of thiophene rings is 1. The number of halogens is 1. The summed E-state index contributed by atoms with van der Waals surface area (Å²) < 4.78 is 13.7. The van der Waals surface area contributed by atoms with Gasteiger partial charge in [0.2, 0.25) is 0 Å². The van der Waals surface area contributed by atoms with Gasteiger partial charge >= 0.3 is 0 Å². The number of anilines is 1. The standard InChI is InChI=1S/C13H15FN2S/c14-12-5-1-2-6-13(12)16(8-7-15)10-11-4-3-9-17-11/h1-6,9H,7-8,10,15H2. The number of para-hydroxylation sites is 1. The molecule has 0 bridgehead atoms. The van der Waals surface area contributed by atoms with E-state index in [1.165, 1.54) is 10.9 Å². The Balaban J connectivity index is 2.20. The SMILES string of the molecule is NCCN(Cc1cccs1)c1ccccc1F. The highest BCUT2D eigenvalue weighted by molar-refractivity contribution is 7.09. The van der Waals surface area contributed by atoms with Crippen molar-refractivity contribution in [2.75, 3.05) is 18.0 Å². The highest BCUT2D eigenvalue weighted by Crippen LogP contribution is 2.22. The molecule has 0 spiro atoms. The average molecular weight is 250 g/mol. The Morgan fingerprint density at radius 1 is 1.18 bits per heavy atom. The van der Waals surface area contributed by atoms with Gasteiger partial charge in [-0.15, -0.1) is 11.3 Å². The summed E-state index contributed by atoms with van der Waals surface area (Å²) in [5.41, 5.74) is 6.20. The van der Waals surface area contributed by atoms with Crippen LogP contribution < -0.4 is 10.6 Å². The van der Waals surface area contributed by atoms with Crippen molar-refractivity contribution in [3.63, 3.8) is 0 Å². The fourth-order valence-electron chi connectivity index (χ4n) is 1.74. The van der Waals surface area contributed by atoms with Gasteiger partial charge in [0.05, 0.1) is 12.2 Å². The number of hydrogen-bond donors (Lipinski definition) is 1. The van der Waals surface area contributed by atoms with Crippen molar-refractivity contribution in [2.45, 2.75) is 6.54 Å². The Kier molecular flexibility index (Phi) is 4.12. The molecule has 1 aromatic heterocycles. The molecular weight excluding hydrogens is 235 g/mol. The van der Waals surface area contributed by atoms with Crippen molar-refractivity contribution >= 4 is 17.0 Å². The van der Waals surface area contributed by atoms with Gasteiger partial charge in [-0.25, -0.2) is 4.39 Å². The predicted molar refractivity (Wildman–Crippen MR) is 70.8 cm³/mol. The predicted octanol–water partition coefficient (Wildman–Crippen LogP) is 2.85. The summed E-state index contributed by atoms with van der Waals surface area (Å²) in [6.07, 6.45) is 0. The van der Waals surface area contributed by atoms with E-state index in [0.717, 1.165) is 0 Å². The van der Waals surface area contributed by atoms with Crippen molar-refractivity contribution in [3.05, 3.63) is 52.5 Å². The molecule has 2 nitrogen and oxygen atoms in total. The smallest absolute Gasteiger partial charge is 0.146 e. The van der Waals surface area contributed by atoms with Gasteiger partial charge in [0, 0.05) is 18.0 Å². The highest BCUT2D eigenvalue weighted by Gasteiger charge is 2.11. The number of nitrogens with zero attached hydrogens (tertiary/aromatic N) is 1. The van der Waals surface area contributed by atoms with E-state index in [9.17, 15) is 4.39 Å². The third kappa shape index (κ3) is 3.05. The van der Waals surface area contributed by atoms with Gasteiger partial charge in [0.1, 0.15) is 5.82 Å². The van der Waals surface area contributed by atoms with Crippen LogP contribution in [-0.2, 0) is 6.54 Å². The highest BCUT2D eigenvalue weighted by atomic mass is 32.1. The zero-order valence-electron chi connectivity index (χ0n) is 9.47. The summed E-state index contributed by atoms with van der Waals surface area (Å²) in [6, 6.07) is 10.9. The number of benzene rings is 1. The van der Waals surface area contributed by atoms with E-state index in [0.29, 0.717) is 25.3 Å². The van der Waals surface area contributed by atoms with Crippen LogP contribution in [0.1, 0.15) is 4.88 Å². The van der Waals surface area contributed by atoms with Crippen LogP contribution in [0.3, 0.4) is 0 Å².